The van der Waals surface area contributed by atoms with E-state index in [2.05, 4.69) is 49.5 Å². The van der Waals surface area contributed by atoms with Crippen LogP contribution in [-0.2, 0) is 12.8 Å². The van der Waals surface area contributed by atoms with E-state index >= 15 is 0 Å². The fourth-order valence-corrected chi connectivity index (χ4v) is 3.72. The predicted octanol–water partition coefficient (Wildman–Crippen LogP) is 5.25. The third kappa shape index (κ3) is 5.46. The molecule has 0 saturated heterocycles. The van der Waals surface area contributed by atoms with Gasteiger partial charge < -0.3 is 5.32 Å². The van der Waals surface area contributed by atoms with E-state index in [1.807, 2.05) is 6.07 Å². The topological polar surface area (TPSA) is 12.0 Å². The maximum Gasteiger partial charge on any atom is 0.0931 e. The number of aryl methyl sites for hydroxylation is 2. The normalized spacial score (nSPS) is 12.5. The summed E-state index contributed by atoms with van der Waals surface area (Å²) in [7, 11) is 0. The molecule has 0 amide bonds. The average Bonchev–Trinajstić information content (AvgIpc) is 2.88. The molecule has 1 atom stereocenters. The van der Waals surface area contributed by atoms with E-state index in [0.717, 1.165) is 23.7 Å². The predicted molar refractivity (Wildman–Crippen MR) is 94.6 cm³/mol. The minimum absolute atomic E-state index is 0.527. The Morgan fingerprint density at radius 2 is 2.00 bits per heavy atom. The first-order chi connectivity index (χ1) is 10.2. The van der Waals surface area contributed by atoms with Gasteiger partial charge in [0, 0.05) is 10.9 Å². The quantitative estimate of drug-likeness (QED) is 0.700. The van der Waals surface area contributed by atoms with Crippen molar-refractivity contribution in [1.82, 2.24) is 5.32 Å². The molecule has 0 aliphatic rings. The Kier molecular flexibility index (Phi) is 6.75. The lowest BCUT2D eigenvalue weighted by molar-refractivity contribution is 0.479. The molecule has 1 nitrogen and oxygen atoms in total. The zero-order chi connectivity index (χ0) is 15.1. The van der Waals surface area contributed by atoms with Gasteiger partial charge in [-0.3, -0.25) is 0 Å². The Hall–Kier alpha value is -0.830. The van der Waals surface area contributed by atoms with Crippen LogP contribution in [0.1, 0.15) is 35.8 Å². The van der Waals surface area contributed by atoms with Crippen LogP contribution in [0.4, 0.5) is 0 Å². The molecule has 1 aromatic carbocycles. The highest BCUT2D eigenvalue weighted by molar-refractivity contribution is 7.16. The molecule has 0 fully saturated rings. The Morgan fingerprint density at radius 1 is 1.19 bits per heavy atom. The van der Waals surface area contributed by atoms with Crippen molar-refractivity contribution in [2.45, 2.75) is 45.6 Å². The molecule has 21 heavy (non-hydrogen) atoms. The summed E-state index contributed by atoms with van der Waals surface area (Å²) < 4.78 is 0.887. The summed E-state index contributed by atoms with van der Waals surface area (Å²) in [5.41, 5.74) is 2.86. The molecule has 114 valence electrons. The number of hydrogen-bond donors (Lipinski definition) is 1. The molecule has 1 unspecified atom stereocenters. The van der Waals surface area contributed by atoms with Gasteiger partial charge in [0.15, 0.2) is 0 Å². The average molecular weight is 322 g/mol. The van der Waals surface area contributed by atoms with E-state index in [1.54, 1.807) is 11.3 Å². The minimum atomic E-state index is 0.527. The fourth-order valence-electron chi connectivity index (χ4n) is 2.55. The number of thiophene rings is 1. The van der Waals surface area contributed by atoms with Crippen LogP contribution in [0.25, 0.3) is 0 Å². The lowest BCUT2D eigenvalue weighted by Crippen LogP contribution is -2.32. The standard InChI is InChI=1S/C18H24ClNS/c1-3-12-20-16(13-17-10-11-18(19)21-17)9-8-15-7-5-4-6-14(15)2/h4-7,10-11,16,20H,3,8-9,12-13H2,1-2H3. The van der Waals surface area contributed by atoms with Gasteiger partial charge in [-0.1, -0.05) is 42.8 Å². The molecular weight excluding hydrogens is 298 g/mol. The molecule has 1 heterocycles. The molecular formula is C18H24ClNS. The van der Waals surface area contributed by atoms with E-state index in [9.17, 15) is 0 Å². The summed E-state index contributed by atoms with van der Waals surface area (Å²) in [5.74, 6) is 0. The maximum atomic E-state index is 6.04. The highest BCUT2D eigenvalue weighted by atomic mass is 35.5. The first-order valence-corrected chi connectivity index (χ1v) is 8.90. The Labute approximate surface area is 137 Å². The molecule has 0 radical (unpaired) electrons. The van der Waals surface area contributed by atoms with Gasteiger partial charge in [-0.2, -0.15) is 0 Å². The van der Waals surface area contributed by atoms with Crippen molar-refractivity contribution < 1.29 is 0 Å². The molecule has 1 N–H and O–H groups in total. The summed E-state index contributed by atoms with van der Waals surface area (Å²) in [6, 6.07) is 13.4. The Balaban J connectivity index is 1.94. The number of rotatable bonds is 8. The fraction of sp³-hybridized carbons (Fsp3) is 0.444. The van der Waals surface area contributed by atoms with Crippen LogP contribution >= 0.6 is 22.9 Å². The molecule has 2 rings (SSSR count). The van der Waals surface area contributed by atoms with E-state index in [-0.39, 0.29) is 0 Å². The molecule has 2 aromatic rings. The lowest BCUT2D eigenvalue weighted by Gasteiger charge is -2.18. The number of nitrogens with one attached hydrogen (secondary N) is 1. The van der Waals surface area contributed by atoms with Gasteiger partial charge >= 0.3 is 0 Å². The van der Waals surface area contributed by atoms with Gasteiger partial charge in [0.1, 0.15) is 0 Å². The Morgan fingerprint density at radius 3 is 2.67 bits per heavy atom. The van der Waals surface area contributed by atoms with Gasteiger partial charge in [0.2, 0.25) is 0 Å². The van der Waals surface area contributed by atoms with Gasteiger partial charge in [-0.25, -0.2) is 0 Å². The second-order valence-electron chi connectivity index (χ2n) is 5.53. The smallest absolute Gasteiger partial charge is 0.0931 e. The van der Waals surface area contributed by atoms with Crippen molar-refractivity contribution in [3.05, 3.63) is 56.7 Å². The zero-order valence-electron chi connectivity index (χ0n) is 12.9. The molecule has 0 saturated carbocycles. The summed E-state index contributed by atoms with van der Waals surface area (Å²) in [5, 5.41) is 3.68. The van der Waals surface area contributed by atoms with Crippen LogP contribution in [0.5, 0.6) is 0 Å². The second kappa shape index (κ2) is 8.57. The second-order valence-corrected chi connectivity index (χ2v) is 7.33. The summed E-state index contributed by atoms with van der Waals surface area (Å²) in [4.78, 5) is 1.37. The summed E-state index contributed by atoms with van der Waals surface area (Å²) in [6.07, 6.45) is 4.54. The minimum Gasteiger partial charge on any atom is -0.314 e. The van der Waals surface area contributed by atoms with E-state index in [0.29, 0.717) is 6.04 Å². The highest BCUT2D eigenvalue weighted by Gasteiger charge is 2.11. The first-order valence-electron chi connectivity index (χ1n) is 7.71. The van der Waals surface area contributed by atoms with Crippen LogP contribution in [-0.4, -0.2) is 12.6 Å². The van der Waals surface area contributed by atoms with Crippen molar-refractivity contribution in [1.29, 1.82) is 0 Å². The van der Waals surface area contributed by atoms with E-state index in [4.69, 9.17) is 11.6 Å². The van der Waals surface area contributed by atoms with Crippen LogP contribution in [0.3, 0.4) is 0 Å². The highest BCUT2D eigenvalue weighted by Crippen LogP contribution is 2.23. The van der Waals surface area contributed by atoms with Crippen molar-refractivity contribution >= 4 is 22.9 Å². The molecule has 0 bridgehead atoms. The Bertz CT molecular complexity index is 550. The van der Waals surface area contributed by atoms with Crippen molar-refractivity contribution in [2.24, 2.45) is 0 Å². The largest absolute Gasteiger partial charge is 0.314 e. The van der Waals surface area contributed by atoms with Crippen molar-refractivity contribution in [3.63, 3.8) is 0 Å². The van der Waals surface area contributed by atoms with Crippen molar-refractivity contribution in [3.8, 4) is 0 Å². The third-order valence-corrected chi connectivity index (χ3v) is 5.04. The van der Waals surface area contributed by atoms with Gasteiger partial charge in [-0.15, -0.1) is 11.3 Å². The van der Waals surface area contributed by atoms with E-state index < -0.39 is 0 Å². The summed E-state index contributed by atoms with van der Waals surface area (Å²) in [6.45, 7) is 5.49. The van der Waals surface area contributed by atoms with Crippen LogP contribution in [0.2, 0.25) is 4.34 Å². The monoisotopic (exact) mass is 321 g/mol. The number of hydrogen-bond acceptors (Lipinski definition) is 2. The SMILES string of the molecule is CCCNC(CCc1ccccc1C)Cc1ccc(Cl)s1. The summed E-state index contributed by atoms with van der Waals surface area (Å²) >= 11 is 7.74. The lowest BCUT2D eigenvalue weighted by atomic mass is 9.99. The molecule has 3 heteroatoms. The van der Waals surface area contributed by atoms with Gasteiger partial charge in [0.05, 0.1) is 4.34 Å². The maximum absolute atomic E-state index is 6.04. The van der Waals surface area contributed by atoms with E-state index in [1.165, 1.54) is 28.8 Å². The van der Waals surface area contributed by atoms with Crippen molar-refractivity contribution in [2.75, 3.05) is 6.54 Å². The molecule has 0 aliphatic carbocycles. The first kappa shape index (κ1) is 16.5. The third-order valence-electron chi connectivity index (χ3n) is 3.78. The zero-order valence-corrected chi connectivity index (χ0v) is 14.4. The van der Waals surface area contributed by atoms with Crippen LogP contribution < -0.4 is 5.32 Å². The molecule has 1 aromatic heterocycles. The van der Waals surface area contributed by atoms with Gasteiger partial charge in [-0.05, 0) is 62.4 Å². The van der Waals surface area contributed by atoms with Gasteiger partial charge in [0.25, 0.3) is 0 Å². The molecule has 0 spiro atoms. The molecule has 0 aliphatic heterocycles. The van der Waals surface area contributed by atoms with Crippen LogP contribution in [0.15, 0.2) is 36.4 Å². The number of halogens is 1. The number of benzene rings is 1. The van der Waals surface area contributed by atoms with Crippen LogP contribution in [0, 0.1) is 6.92 Å².